The Morgan fingerprint density at radius 3 is 2.67 bits per heavy atom. The first-order valence-electron chi connectivity index (χ1n) is 6.63. The van der Waals surface area contributed by atoms with E-state index in [1.54, 1.807) is 11.7 Å². The lowest BCUT2D eigenvalue weighted by atomic mass is 9.92. The van der Waals surface area contributed by atoms with Crippen LogP contribution in [0.25, 0.3) is 0 Å². The van der Waals surface area contributed by atoms with E-state index in [0.29, 0.717) is 35.5 Å². The fraction of sp³-hybridized carbons (Fsp3) is 0.429. The largest absolute Gasteiger partial charge is 0.379 e. The summed E-state index contributed by atoms with van der Waals surface area (Å²) < 4.78 is 1.61. The molecule has 1 N–H and O–H groups in total. The Bertz CT molecular complexity index is 680. The van der Waals surface area contributed by atoms with Crippen molar-refractivity contribution in [3.05, 3.63) is 45.5 Å². The molecule has 1 saturated heterocycles. The van der Waals surface area contributed by atoms with Gasteiger partial charge in [0.15, 0.2) is 5.82 Å². The highest BCUT2D eigenvalue weighted by Gasteiger charge is 2.45. The van der Waals surface area contributed by atoms with E-state index in [-0.39, 0.29) is 0 Å². The van der Waals surface area contributed by atoms with Gasteiger partial charge in [-0.3, -0.25) is 9.58 Å². The summed E-state index contributed by atoms with van der Waals surface area (Å²) in [6, 6.07) is 3.78. The molecule has 112 valence electrons. The number of halogens is 2. The Morgan fingerprint density at radius 1 is 1.33 bits per heavy atom. The molecule has 0 amide bonds. The van der Waals surface area contributed by atoms with E-state index in [9.17, 15) is 5.11 Å². The molecule has 0 unspecified atom stereocenters. The van der Waals surface area contributed by atoms with E-state index in [1.807, 2.05) is 19.1 Å². The van der Waals surface area contributed by atoms with Crippen LogP contribution in [-0.4, -0.2) is 37.9 Å². The van der Waals surface area contributed by atoms with Gasteiger partial charge in [-0.1, -0.05) is 29.3 Å². The van der Waals surface area contributed by atoms with E-state index in [4.69, 9.17) is 23.2 Å². The van der Waals surface area contributed by atoms with Crippen molar-refractivity contribution in [2.45, 2.75) is 19.1 Å². The van der Waals surface area contributed by atoms with Crippen LogP contribution in [0.2, 0.25) is 10.0 Å². The average molecular weight is 327 g/mol. The molecular weight excluding hydrogens is 311 g/mol. The van der Waals surface area contributed by atoms with Crippen LogP contribution < -0.4 is 0 Å². The first-order valence-corrected chi connectivity index (χ1v) is 7.39. The van der Waals surface area contributed by atoms with Crippen LogP contribution in [0.1, 0.15) is 17.0 Å². The number of aromatic nitrogens is 3. The van der Waals surface area contributed by atoms with Gasteiger partial charge in [0.25, 0.3) is 0 Å². The third-order valence-electron chi connectivity index (χ3n) is 3.89. The van der Waals surface area contributed by atoms with Gasteiger partial charge in [-0.2, -0.15) is 5.10 Å². The zero-order chi connectivity index (χ0) is 15.2. The van der Waals surface area contributed by atoms with Crippen molar-refractivity contribution in [1.82, 2.24) is 19.7 Å². The van der Waals surface area contributed by atoms with Gasteiger partial charge in [-0.05, 0) is 24.1 Å². The maximum atomic E-state index is 10.5. The molecule has 2 heterocycles. The standard InChI is InChI=1S/C14H16Cl2N4O/c1-9-11(15)4-3-10(12(9)16)5-20-6-14(21,7-20)13-17-8-18-19(13)2/h3-4,8,21H,5-7H2,1-2H3. The number of hydrogen-bond acceptors (Lipinski definition) is 4. The zero-order valence-electron chi connectivity index (χ0n) is 11.8. The number of rotatable bonds is 3. The Hall–Kier alpha value is -1.14. The van der Waals surface area contributed by atoms with Gasteiger partial charge >= 0.3 is 0 Å². The molecule has 1 aromatic heterocycles. The molecule has 0 radical (unpaired) electrons. The van der Waals surface area contributed by atoms with Gasteiger partial charge in [0.05, 0.1) is 0 Å². The Morgan fingerprint density at radius 2 is 2.05 bits per heavy atom. The lowest BCUT2D eigenvalue weighted by Crippen LogP contribution is -2.59. The lowest BCUT2D eigenvalue weighted by molar-refractivity contribution is -0.115. The number of likely N-dealkylation sites (tertiary alicyclic amines) is 1. The van der Waals surface area contributed by atoms with E-state index >= 15 is 0 Å². The maximum absolute atomic E-state index is 10.5. The van der Waals surface area contributed by atoms with Crippen LogP contribution in [0.3, 0.4) is 0 Å². The third-order valence-corrected chi connectivity index (χ3v) is 4.83. The highest BCUT2D eigenvalue weighted by atomic mass is 35.5. The van der Waals surface area contributed by atoms with Gasteiger partial charge in [-0.15, -0.1) is 0 Å². The van der Waals surface area contributed by atoms with Crippen LogP contribution in [0.4, 0.5) is 0 Å². The Kier molecular flexibility index (Phi) is 3.69. The second-order valence-electron chi connectivity index (χ2n) is 5.53. The lowest BCUT2D eigenvalue weighted by Gasteiger charge is -2.45. The first kappa shape index (κ1) is 14.8. The summed E-state index contributed by atoms with van der Waals surface area (Å²) in [6.07, 6.45) is 1.45. The molecule has 0 bridgehead atoms. The molecule has 1 aliphatic rings. The normalized spacial score (nSPS) is 17.8. The number of benzene rings is 1. The molecule has 21 heavy (non-hydrogen) atoms. The predicted molar refractivity (Wildman–Crippen MR) is 81.4 cm³/mol. The van der Waals surface area contributed by atoms with Gasteiger partial charge in [0, 0.05) is 36.7 Å². The van der Waals surface area contributed by atoms with E-state index < -0.39 is 5.60 Å². The summed E-state index contributed by atoms with van der Waals surface area (Å²) in [5.74, 6) is 0.595. The molecule has 3 rings (SSSR count). The summed E-state index contributed by atoms with van der Waals surface area (Å²) in [6.45, 7) is 3.60. The fourth-order valence-electron chi connectivity index (χ4n) is 2.74. The fourth-order valence-corrected chi connectivity index (χ4v) is 3.18. The molecule has 1 aliphatic heterocycles. The number of nitrogens with zero attached hydrogens (tertiary/aromatic N) is 4. The molecule has 0 atom stereocenters. The maximum Gasteiger partial charge on any atom is 0.161 e. The van der Waals surface area contributed by atoms with Gasteiger partial charge in [-0.25, -0.2) is 4.98 Å². The Balaban J connectivity index is 1.71. The van der Waals surface area contributed by atoms with Crippen LogP contribution in [0.15, 0.2) is 18.5 Å². The van der Waals surface area contributed by atoms with Crippen molar-refractivity contribution in [2.24, 2.45) is 7.05 Å². The molecule has 5 nitrogen and oxygen atoms in total. The van der Waals surface area contributed by atoms with Crippen LogP contribution in [0.5, 0.6) is 0 Å². The monoisotopic (exact) mass is 326 g/mol. The molecule has 0 aliphatic carbocycles. The van der Waals surface area contributed by atoms with Crippen LogP contribution in [-0.2, 0) is 19.2 Å². The topological polar surface area (TPSA) is 54.2 Å². The second kappa shape index (κ2) is 5.25. The molecule has 2 aromatic rings. The highest BCUT2D eigenvalue weighted by Crippen LogP contribution is 2.34. The van der Waals surface area contributed by atoms with Crippen molar-refractivity contribution >= 4 is 23.2 Å². The molecule has 0 saturated carbocycles. The van der Waals surface area contributed by atoms with Crippen molar-refractivity contribution in [2.75, 3.05) is 13.1 Å². The number of aliphatic hydroxyl groups is 1. The zero-order valence-corrected chi connectivity index (χ0v) is 13.4. The minimum Gasteiger partial charge on any atom is -0.379 e. The quantitative estimate of drug-likeness (QED) is 0.938. The predicted octanol–water partition coefficient (Wildman–Crippen LogP) is 2.13. The van der Waals surface area contributed by atoms with Crippen LogP contribution in [0, 0.1) is 6.92 Å². The second-order valence-corrected chi connectivity index (χ2v) is 6.31. The van der Waals surface area contributed by atoms with E-state index in [1.165, 1.54) is 6.33 Å². The highest BCUT2D eigenvalue weighted by molar-refractivity contribution is 6.36. The van der Waals surface area contributed by atoms with Gasteiger partial charge < -0.3 is 5.11 Å². The van der Waals surface area contributed by atoms with Crippen molar-refractivity contribution in [1.29, 1.82) is 0 Å². The minimum absolute atomic E-state index is 0.511. The van der Waals surface area contributed by atoms with Crippen molar-refractivity contribution in [3.63, 3.8) is 0 Å². The van der Waals surface area contributed by atoms with Crippen molar-refractivity contribution in [3.8, 4) is 0 Å². The third kappa shape index (κ3) is 2.55. The number of aryl methyl sites for hydroxylation is 1. The molecule has 1 aromatic carbocycles. The molecule has 0 spiro atoms. The summed E-state index contributed by atoms with van der Waals surface area (Å²) >= 11 is 12.4. The molecular formula is C14H16Cl2N4O. The van der Waals surface area contributed by atoms with Gasteiger partial charge in [0.2, 0.25) is 0 Å². The molecule has 1 fully saturated rings. The van der Waals surface area contributed by atoms with E-state index in [2.05, 4.69) is 15.0 Å². The summed E-state index contributed by atoms with van der Waals surface area (Å²) in [5, 5.41) is 15.9. The number of hydrogen-bond donors (Lipinski definition) is 1. The number of β-amino-alcohol motifs (C(OH)–C–C–N with tert-alkyl or cyclic N) is 1. The summed E-state index contributed by atoms with van der Waals surface area (Å²) in [4.78, 5) is 6.24. The smallest absolute Gasteiger partial charge is 0.161 e. The van der Waals surface area contributed by atoms with Crippen LogP contribution >= 0.6 is 23.2 Å². The molecule has 7 heteroatoms. The van der Waals surface area contributed by atoms with E-state index in [0.717, 1.165) is 11.1 Å². The first-order chi connectivity index (χ1) is 9.90. The minimum atomic E-state index is -0.931. The summed E-state index contributed by atoms with van der Waals surface area (Å²) in [7, 11) is 1.78. The van der Waals surface area contributed by atoms with Crippen molar-refractivity contribution < 1.29 is 5.11 Å². The SMILES string of the molecule is Cc1c(Cl)ccc(CN2CC(O)(c3ncnn3C)C2)c1Cl. The summed E-state index contributed by atoms with van der Waals surface area (Å²) in [5.41, 5.74) is 0.970. The van der Waals surface area contributed by atoms with Gasteiger partial charge in [0.1, 0.15) is 11.9 Å². The average Bonchev–Trinajstić information content (AvgIpc) is 2.84. The Labute approximate surface area is 133 Å².